The number of aliphatic hydroxyl groups excluding tert-OH is 1. The lowest BCUT2D eigenvalue weighted by atomic mass is 9.99. The summed E-state index contributed by atoms with van der Waals surface area (Å²) in [5, 5.41) is 10.1. The van der Waals surface area contributed by atoms with Crippen LogP contribution >= 0.6 is 0 Å². The van der Waals surface area contributed by atoms with E-state index in [-0.39, 0.29) is 12.2 Å². The minimum Gasteiger partial charge on any atom is -0.390 e. The molecule has 2 nitrogen and oxygen atoms in total. The maximum atomic E-state index is 10.1. The minimum absolute atomic E-state index is 0.0424. The number of hydrogen-bond acceptors (Lipinski definition) is 2. The van der Waals surface area contributed by atoms with E-state index in [2.05, 4.69) is 32.0 Å². The summed E-state index contributed by atoms with van der Waals surface area (Å²) in [7, 11) is 0. The summed E-state index contributed by atoms with van der Waals surface area (Å²) in [6.45, 7) is 4.98. The number of benzene rings is 1. The van der Waals surface area contributed by atoms with Gasteiger partial charge in [0.1, 0.15) is 0 Å². The van der Waals surface area contributed by atoms with Crippen molar-refractivity contribution in [2.75, 3.05) is 6.61 Å². The van der Waals surface area contributed by atoms with Crippen LogP contribution in [-0.4, -0.2) is 23.9 Å². The van der Waals surface area contributed by atoms with Gasteiger partial charge in [0.2, 0.25) is 0 Å². The summed E-state index contributed by atoms with van der Waals surface area (Å²) in [4.78, 5) is 0. The largest absolute Gasteiger partial charge is 0.390 e. The van der Waals surface area contributed by atoms with Gasteiger partial charge in [0.05, 0.1) is 12.2 Å². The third-order valence-electron chi connectivity index (χ3n) is 3.12. The highest BCUT2D eigenvalue weighted by Crippen LogP contribution is 2.19. The fourth-order valence-corrected chi connectivity index (χ4v) is 2.47. The maximum Gasteiger partial charge on any atom is 0.0842 e. The normalized spacial score (nSPS) is 22.3. The van der Waals surface area contributed by atoms with Crippen LogP contribution in [-0.2, 0) is 11.2 Å². The smallest absolute Gasteiger partial charge is 0.0842 e. The molecule has 1 aromatic rings. The molecule has 0 bridgehead atoms. The average molecular weight is 220 g/mol. The van der Waals surface area contributed by atoms with Crippen molar-refractivity contribution in [3.05, 3.63) is 34.9 Å². The van der Waals surface area contributed by atoms with Gasteiger partial charge in [0, 0.05) is 13.0 Å². The van der Waals surface area contributed by atoms with Gasteiger partial charge < -0.3 is 9.84 Å². The van der Waals surface area contributed by atoms with Crippen LogP contribution in [0.2, 0.25) is 0 Å². The molecule has 88 valence electrons. The molecule has 0 aliphatic carbocycles. The van der Waals surface area contributed by atoms with Crippen LogP contribution in [0.1, 0.15) is 29.5 Å². The number of rotatable bonds is 3. The molecule has 1 aromatic carbocycles. The summed E-state index contributed by atoms with van der Waals surface area (Å²) in [5.41, 5.74) is 3.73. The highest BCUT2D eigenvalue weighted by Gasteiger charge is 2.24. The molecule has 2 rings (SSSR count). The molecular weight excluding hydrogens is 200 g/mol. The van der Waals surface area contributed by atoms with Gasteiger partial charge in [-0.05, 0) is 32.3 Å². The number of aryl methyl sites for hydroxylation is 2. The molecule has 16 heavy (non-hydrogen) atoms. The highest BCUT2D eigenvalue weighted by atomic mass is 16.5. The van der Waals surface area contributed by atoms with Crippen molar-refractivity contribution in [2.45, 2.75) is 45.3 Å². The average Bonchev–Trinajstić information content (AvgIpc) is 2.68. The summed E-state index contributed by atoms with van der Waals surface area (Å²) in [5.74, 6) is 0. The van der Waals surface area contributed by atoms with Gasteiger partial charge in [0.15, 0.2) is 0 Å². The molecule has 1 N–H and O–H groups in total. The van der Waals surface area contributed by atoms with Gasteiger partial charge in [-0.3, -0.25) is 0 Å². The molecule has 1 aliphatic rings. The summed E-state index contributed by atoms with van der Waals surface area (Å²) >= 11 is 0. The van der Waals surface area contributed by atoms with Crippen LogP contribution in [0.5, 0.6) is 0 Å². The molecule has 1 saturated heterocycles. The fraction of sp³-hybridized carbons (Fsp3) is 0.571. The highest BCUT2D eigenvalue weighted by molar-refractivity contribution is 5.29. The summed E-state index contributed by atoms with van der Waals surface area (Å²) in [6.07, 6.45) is 2.46. The summed E-state index contributed by atoms with van der Waals surface area (Å²) < 4.78 is 5.50. The van der Waals surface area contributed by atoms with E-state index in [0.717, 1.165) is 19.4 Å². The first kappa shape index (κ1) is 11.6. The molecule has 0 amide bonds. The molecule has 0 saturated carbocycles. The molecule has 2 unspecified atom stereocenters. The van der Waals surface area contributed by atoms with Crippen LogP contribution in [0.25, 0.3) is 0 Å². The van der Waals surface area contributed by atoms with Gasteiger partial charge in [0.25, 0.3) is 0 Å². The second-order valence-electron chi connectivity index (χ2n) is 4.82. The molecular formula is C14H20O2. The topological polar surface area (TPSA) is 29.5 Å². The van der Waals surface area contributed by atoms with E-state index < -0.39 is 0 Å². The summed E-state index contributed by atoms with van der Waals surface area (Å²) in [6, 6.07) is 6.44. The van der Waals surface area contributed by atoms with Gasteiger partial charge in [-0.1, -0.05) is 29.3 Å². The fourth-order valence-electron chi connectivity index (χ4n) is 2.47. The molecule has 1 fully saturated rings. The first-order chi connectivity index (χ1) is 7.65. The SMILES string of the molecule is Cc1cc(C)cc(CC(O)C2CCCO2)c1. The molecule has 1 aliphatic heterocycles. The van der Waals surface area contributed by atoms with E-state index in [0.29, 0.717) is 6.42 Å². The van der Waals surface area contributed by atoms with Gasteiger partial charge >= 0.3 is 0 Å². The predicted molar refractivity (Wildman–Crippen MR) is 64.6 cm³/mol. The van der Waals surface area contributed by atoms with Crippen LogP contribution in [0, 0.1) is 13.8 Å². The van der Waals surface area contributed by atoms with E-state index >= 15 is 0 Å². The monoisotopic (exact) mass is 220 g/mol. The van der Waals surface area contributed by atoms with Crippen LogP contribution in [0.4, 0.5) is 0 Å². The van der Waals surface area contributed by atoms with Crippen molar-refractivity contribution in [2.24, 2.45) is 0 Å². The molecule has 0 radical (unpaired) electrons. The Labute approximate surface area is 97.3 Å². The van der Waals surface area contributed by atoms with Crippen molar-refractivity contribution >= 4 is 0 Å². The number of ether oxygens (including phenoxy) is 1. The Morgan fingerprint density at radius 2 is 2.00 bits per heavy atom. The number of aliphatic hydroxyl groups is 1. The maximum absolute atomic E-state index is 10.1. The zero-order chi connectivity index (χ0) is 11.5. The zero-order valence-electron chi connectivity index (χ0n) is 10.1. The number of hydrogen-bond donors (Lipinski definition) is 1. The van der Waals surface area contributed by atoms with Crippen LogP contribution in [0.15, 0.2) is 18.2 Å². The van der Waals surface area contributed by atoms with Gasteiger partial charge in [-0.25, -0.2) is 0 Å². The van der Waals surface area contributed by atoms with Gasteiger partial charge in [-0.2, -0.15) is 0 Å². The van der Waals surface area contributed by atoms with Crippen LogP contribution in [0.3, 0.4) is 0 Å². The van der Waals surface area contributed by atoms with Crippen molar-refractivity contribution in [1.29, 1.82) is 0 Å². The van der Waals surface area contributed by atoms with Crippen molar-refractivity contribution in [3.63, 3.8) is 0 Å². The Morgan fingerprint density at radius 3 is 2.56 bits per heavy atom. The molecule has 2 heteroatoms. The second kappa shape index (κ2) is 4.98. The lowest BCUT2D eigenvalue weighted by molar-refractivity contribution is -0.000780. The van der Waals surface area contributed by atoms with E-state index in [9.17, 15) is 5.11 Å². The zero-order valence-corrected chi connectivity index (χ0v) is 10.1. The Bertz CT molecular complexity index is 334. The Kier molecular flexibility index (Phi) is 3.62. The van der Waals surface area contributed by atoms with E-state index in [1.54, 1.807) is 0 Å². The lowest BCUT2D eigenvalue weighted by Crippen LogP contribution is -2.27. The molecule has 0 aromatic heterocycles. The Hall–Kier alpha value is -0.860. The Balaban J connectivity index is 2.02. The Morgan fingerprint density at radius 1 is 1.31 bits per heavy atom. The van der Waals surface area contributed by atoms with Gasteiger partial charge in [-0.15, -0.1) is 0 Å². The lowest BCUT2D eigenvalue weighted by Gasteiger charge is -2.17. The molecule has 1 heterocycles. The third kappa shape index (κ3) is 2.83. The van der Waals surface area contributed by atoms with E-state index in [1.807, 2.05) is 0 Å². The second-order valence-corrected chi connectivity index (χ2v) is 4.82. The third-order valence-corrected chi connectivity index (χ3v) is 3.12. The van der Waals surface area contributed by atoms with E-state index in [4.69, 9.17) is 4.74 Å². The van der Waals surface area contributed by atoms with Crippen molar-refractivity contribution < 1.29 is 9.84 Å². The first-order valence-corrected chi connectivity index (χ1v) is 6.02. The molecule has 2 atom stereocenters. The van der Waals surface area contributed by atoms with E-state index in [1.165, 1.54) is 16.7 Å². The van der Waals surface area contributed by atoms with Crippen LogP contribution < -0.4 is 0 Å². The minimum atomic E-state index is -0.358. The first-order valence-electron chi connectivity index (χ1n) is 6.02. The predicted octanol–water partition coefficient (Wildman–Crippen LogP) is 2.39. The standard InChI is InChI=1S/C14H20O2/c1-10-6-11(2)8-12(7-10)9-13(15)14-4-3-5-16-14/h6-8,13-15H,3-5,9H2,1-2H3. The quantitative estimate of drug-likeness (QED) is 0.847. The van der Waals surface area contributed by atoms with Crippen molar-refractivity contribution in [3.8, 4) is 0 Å². The van der Waals surface area contributed by atoms with Crippen molar-refractivity contribution in [1.82, 2.24) is 0 Å². The molecule has 0 spiro atoms.